The quantitative estimate of drug-likeness (QED) is 0.804. The van der Waals surface area contributed by atoms with E-state index in [1.165, 1.54) is 24.8 Å². The first-order valence-corrected chi connectivity index (χ1v) is 11.0. The molecule has 3 aliphatic rings. The number of piperazine rings is 1. The summed E-state index contributed by atoms with van der Waals surface area (Å²) in [5.74, 6) is 0.971. The molecule has 152 valence electrons. The highest BCUT2D eigenvalue weighted by atomic mass is 16.2. The van der Waals surface area contributed by atoms with Gasteiger partial charge < -0.3 is 9.80 Å². The topological polar surface area (TPSA) is 52.6 Å². The molecule has 5 rings (SSSR count). The van der Waals surface area contributed by atoms with E-state index in [-0.39, 0.29) is 5.91 Å². The minimum Gasteiger partial charge on any atom is -0.338 e. The highest BCUT2D eigenvalue weighted by Crippen LogP contribution is 2.26. The molecule has 1 aromatic carbocycles. The van der Waals surface area contributed by atoms with E-state index in [0.717, 1.165) is 68.8 Å². The summed E-state index contributed by atoms with van der Waals surface area (Å²) in [6, 6.07) is 10.4. The molecular formula is C23H29N5O. The van der Waals surface area contributed by atoms with Crippen LogP contribution in [0.25, 0.3) is 0 Å². The third-order valence-electron chi connectivity index (χ3n) is 6.71. The first-order chi connectivity index (χ1) is 14.3. The molecule has 1 saturated heterocycles. The molecule has 6 nitrogen and oxygen atoms in total. The van der Waals surface area contributed by atoms with Crippen LogP contribution in [0.15, 0.2) is 36.5 Å². The van der Waals surface area contributed by atoms with E-state index in [0.29, 0.717) is 6.54 Å². The SMILES string of the molecule is O=C(c1ccccc1)N1CCc2cnc(N3CCN(C4CCC4)CC3)nc2CC1. The van der Waals surface area contributed by atoms with Crippen LogP contribution in [0.2, 0.25) is 0 Å². The van der Waals surface area contributed by atoms with Crippen molar-refractivity contribution in [3.8, 4) is 0 Å². The van der Waals surface area contributed by atoms with Crippen LogP contribution in [0.3, 0.4) is 0 Å². The first kappa shape index (κ1) is 18.6. The Labute approximate surface area is 172 Å². The molecule has 2 aliphatic heterocycles. The number of carbonyl (C=O) groups excluding carboxylic acids is 1. The minimum absolute atomic E-state index is 0.110. The largest absolute Gasteiger partial charge is 0.338 e. The molecule has 0 bridgehead atoms. The molecule has 3 heterocycles. The van der Waals surface area contributed by atoms with Gasteiger partial charge in [0.2, 0.25) is 5.95 Å². The highest BCUT2D eigenvalue weighted by molar-refractivity contribution is 5.94. The van der Waals surface area contributed by atoms with E-state index in [9.17, 15) is 4.79 Å². The number of hydrogen-bond acceptors (Lipinski definition) is 5. The van der Waals surface area contributed by atoms with Crippen molar-refractivity contribution in [2.24, 2.45) is 0 Å². The second-order valence-corrected chi connectivity index (χ2v) is 8.41. The molecule has 29 heavy (non-hydrogen) atoms. The Bertz CT molecular complexity index is 859. The summed E-state index contributed by atoms with van der Waals surface area (Å²) >= 11 is 0. The number of amides is 1. The van der Waals surface area contributed by atoms with Gasteiger partial charge in [-0.05, 0) is 37.0 Å². The monoisotopic (exact) mass is 391 g/mol. The summed E-state index contributed by atoms with van der Waals surface area (Å²) in [5, 5.41) is 0. The van der Waals surface area contributed by atoms with Crippen LogP contribution in [0.1, 0.15) is 40.9 Å². The van der Waals surface area contributed by atoms with Gasteiger partial charge in [-0.1, -0.05) is 24.6 Å². The van der Waals surface area contributed by atoms with E-state index in [1.807, 2.05) is 41.4 Å². The van der Waals surface area contributed by atoms with Gasteiger partial charge in [-0.15, -0.1) is 0 Å². The Balaban J connectivity index is 1.24. The summed E-state index contributed by atoms with van der Waals surface area (Å²) in [6.07, 6.45) is 7.74. The molecule has 2 fully saturated rings. The number of nitrogens with zero attached hydrogens (tertiary/aromatic N) is 5. The lowest BCUT2D eigenvalue weighted by molar-refractivity contribution is 0.0763. The molecule has 0 unspecified atom stereocenters. The second kappa shape index (κ2) is 8.11. The Hall–Kier alpha value is -2.47. The van der Waals surface area contributed by atoms with E-state index in [2.05, 4.69) is 14.8 Å². The van der Waals surface area contributed by atoms with Crippen molar-refractivity contribution < 1.29 is 4.79 Å². The fraction of sp³-hybridized carbons (Fsp3) is 0.522. The normalized spacial score (nSPS) is 20.7. The summed E-state index contributed by atoms with van der Waals surface area (Å²) in [6.45, 7) is 5.69. The summed E-state index contributed by atoms with van der Waals surface area (Å²) in [7, 11) is 0. The van der Waals surface area contributed by atoms with E-state index < -0.39 is 0 Å². The van der Waals surface area contributed by atoms with Crippen LogP contribution >= 0.6 is 0 Å². The molecule has 1 aliphatic carbocycles. The van der Waals surface area contributed by atoms with Gasteiger partial charge in [-0.2, -0.15) is 0 Å². The number of rotatable bonds is 3. The number of anilines is 1. The molecule has 2 aromatic rings. The maximum atomic E-state index is 12.8. The molecule has 0 atom stereocenters. The summed E-state index contributed by atoms with van der Waals surface area (Å²) in [5.41, 5.74) is 3.06. The number of fused-ring (bicyclic) bond motifs is 1. The van der Waals surface area contributed by atoms with Gasteiger partial charge in [0.05, 0.1) is 5.69 Å². The van der Waals surface area contributed by atoms with E-state index in [4.69, 9.17) is 4.98 Å². The van der Waals surface area contributed by atoms with Crippen molar-refractivity contribution in [1.29, 1.82) is 0 Å². The molecule has 1 aromatic heterocycles. The predicted molar refractivity (Wildman–Crippen MR) is 113 cm³/mol. The molecule has 1 saturated carbocycles. The molecular weight excluding hydrogens is 362 g/mol. The van der Waals surface area contributed by atoms with E-state index in [1.54, 1.807) is 0 Å². The van der Waals surface area contributed by atoms with Gasteiger partial charge in [0.15, 0.2) is 0 Å². The van der Waals surface area contributed by atoms with Crippen molar-refractivity contribution in [1.82, 2.24) is 19.8 Å². The van der Waals surface area contributed by atoms with Crippen LogP contribution in [-0.4, -0.2) is 71.0 Å². The zero-order chi connectivity index (χ0) is 19.6. The molecule has 0 radical (unpaired) electrons. The van der Waals surface area contributed by atoms with Crippen LogP contribution < -0.4 is 4.90 Å². The van der Waals surface area contributed by atoms with Crippen molar-refractivity contribution >= 4 is 11.9 Å². The van der Waals surface area contributed by atoms with Crippen LogP contribution in [0, 0.1) is 0 Å². The maximum absolute atomic E-state index is 12.8. The molecule has 6 heteroatoms. The Kier molecular flexibility index (Phi) is 5.19. The van der Waals surface area contributed by atoms with Gasteiger partial charge in [0, 0.05) is 63.5 Å². The predicted octanol–water partition coefficient (Wildman–Crippen LogP) is 2.39. The Morgan fingerprint density at radius 1 is 0.931 bits per heavy atom. The molecule has 0 spiro atoms. The lowest BCUT2D eigenvalue weighted by Crippen LogP contribution is -2.52. The fourth-order valence-corrected chi connectivity index (χ4v) is 4.62. The third-order valence-corrected chi connectivity index (χ3v) is 6.71. The van der Waals surface area contributed by atoms with Gasteiger partial charge >= 0.3 is 0 Å². The molecule has 1 amide bonds. The van der Waals surface area contributed by atoms with Gasteiger partial charge in [0.25, 0.3) is 5.91 Å². The minimum atomic E-state index is 0.110. The number of carbonyl (C=O) groups is 1. The number of benzene rings is 1. The van der Waals surface area contributed by atoms with Crippen LogP contribution in [0.4, 0.5) is 5.95 Å². The third kappa shape index (κ3) is 3.86. The van der Waals surface area contributed by atoms with Crippen molar-refractivity contribution in [2.75, 3.05) is 44.2 Å². The lowest BCUT2D eigenvalue weighted by Gasteiger charge is -2.43. The van der Waals surface area contributed by atoms with Crippen molar-refractivity contribution in [3.05, 3.63) is 53.3 Å². The van der Waals surface area contributed by atoms with Crippen molar-refractivity contribution in [3.63, 3.8) is 0 Å². The number of aromatic nitrogens is 2. The first-order valence-electron chi connectivity index (χ1n) is 11.0. The molecule has 0 N–H and O–H groups in total. The van der Waals surface area contributed by atoms with Gasteiger partial charge in [-0.25, -0.2) is 9.97 Å². The Morgan fingerprint density at radius 2 is 1.69 bits per heavy atom. The summed E-state index contributed by atoms with van der Waals surface area (Å²) in [4.78, 5) is 29.3. The Morgan fingerprint density at radius 3 is 2.41 bits per heavy atom. The zero-order valence-electron chi connectivity index (χ0n) is 17.0. The van der Waals surface area contributed by atoms with Crippen LogP contribution in [-0.2, 0) is 12.8 Å². The average Bonchev–Trinajstić information content (AvgIpc) is 2.95. The smallest absolute Gasteiger partial charge is 0.253 e. The zero-order valence-corrected chi connectivity index (χ0v) is 17.0. The standard InChI is InChI=1S/C23H29N5O/c29-22(18-5-2-1-3-6-18)27-11-9-19-17-24-23(25-21(19)10-12-27)28-15-13-26(14-16-28)20-7-4-8-20/h1-3,5-6,17,20H,4,7-16H2. The van der Waals surface area contributed by atoms with Gasteiger partial charge in [0.1, 0.15) is 0 Å². The van der Waals surface area contributed by atoms with Crippen molar-refractivity contribution in [2.45, 2.75) is 38.1 Å². The van der Waals surface area contributed by atoms with Crippen LogP contribution in [0.5, 0.6) is 0 Å². The van der Waals surface area contributed by atoms with Gasteiger partial charge in [-0.3, -0.25) is 9.69 Å². The number of hydrogen-bond donors (Lipinski definition) is 0. The van der Waals surface area contributed by atoms with E-state index >= 15 is 0 Å². The second-order valence-electron chi connectivity index (χ2n) is 8.41. The lowest BCUT2D eigenvalue weighted by atomic mass is 9.91. The average molecular weight is 392 g/mol. The highest BCUT2D eigenvalue weighted by Gasteiger charge is 2.29. The summed E-state index contributed by atoms with van der Waals surface area (Å²) < 4.78 is 0. The fourth-order valence-electron chi connectivity index (χ4n) is 4.62. The maximum Gasteiger partial charge on any atom is 0.253 e.